The normalized spacial score (nSPS) is 10.8. The lowest BCUT2D eigenvalue weighted by Gasteiger charge is -2.08. The number of phenolic OH excluding ortho intramolecular Hbond substituents is 1. The molecule has 0 atom stereocenters. The Morgan fingerprint density at radius 1 is 0.600 bits per heavy atom. The van der Waals surface area contributed by atoms with Crippen LogP contribution in [0, 0.1) is 0 Å². The number of hydrogen-bond acceptors (Lipinski definition) is 2. The fraction of sp³-hybridized carbons (Fsp3) is 0. The number of benzene rings is 4. The second-order valence-corrected chi connectivity index (χ2v) is 7.12. The Kier molecular flexibility index (Phi) is 4.62. The minimum atomic E-state index is 0.213. The van der Waals surface area contributed by atoms with E-state index in [4.69, 9.17) is 4.98 Å². The SMILES string of the molecule is Oc1ccccc1-c1nc(-c2cccc(-c3ccccc3)c2)cn1-c1ccccc1. The van der Waals surface area contributed by atoms with Crippen LogP contribution >= 0.6 is 0 Å². The Morgan fingerprint density at radius 3 is 2.00 bits per heavy atom. The zero-order valence-electron chi connectivity index (χ0n) is 16.3. The lowest BCUT2D eigenvalue weighted by molar-refractivity contribution is 0.477. The molecule has 0 saturated heterocycles. The number of imidazole rings is 1. The molecule has 0 amide bonds. The van der Waals surface area contributed by atoms with Crippen molar-refractivity contribution in [2.75, 3.05) is 0 Å². The average Bonchev–Trinajstić information content (AvgIpc) is 3.26. The first-order valence-corrected chi connectivity index (χ1v) is 9.88. The summed E-state index contributed by atoms with van der Waals surface area (Å²) in [5, 5.41) is 10.5. The lowest BCUT2D eigenvalue weighted by Crippen LogP contribution is -1.95. The highest BCUT2D eigenvalue weighted by Gasteiger charge is 2.16. The minimum Gasteiger partial charge on any atom is -0.507 e. The van der Waals surface area contributed by atoms with Crippen LogP contribution in [0.5, 0.6) is 5.75 Å². The van der Waals surface area contributed by atoms with Gasteiger partial charge in [-0.3, -0.25) is 4.57 Å². The number of para-hydroxylation sites is 2. The summed E-state index contributed by atoms with van der Waals surface area (Å²) in [7, 11) is 0. The zero-order chi connectivity index (χ0) is 20.3. The van der Waals surface area contributed by atoms with E-state index in [1.54, 1.807) is 6.07 Å². The molecule has 3 nitrogen and oxygen atoms in total. The zero-order valence-corrected chi connectivity index (χ0v) is 16.3. The molecule has 0 spiro atoms. The molecule has 0 bridgehead atoms. The highest BCUT2D eigenvalue weighted by atomic mass is 16.3. The fourth-order valence-electron chi connectivity index (χ4n) is 3.65. The maximum absolute atomic E-state index is 10.5. The average molecular weight is 388 g/mol. The monoisotopic (exact) mass is 388 g/mol. The largest absolute Gasteiger partial charge is 0.507 e. The minimum absolute atomic E-state index is 0.213. The summed E-state index contributed by atoms with van der Waals surface area (Å²) < 4.78 is 2.03. The first kappa shape index (κ1) is 18.0. The number of aromatic hydroxyl groups is 1. The van der Waals surface area contributed by atoms with E-state index < -0.39 is 0 Å². The molecule has 4 aromatic carbocycles. The highest BCUT2D eigenvalue weighted by molar-refractivity contribution is 5.74. The molecule has 3 heteroatoms. The predicted molar refractivity (Wildman–Crippen MR) is 122 cm³/mol. The van der Waals surface area contributed by atoms with Gasteiger partial charge in [-0.15, -0.1) is 0 Å². The number of phenols is 1. The van der Waals surface area contributed by atoms with Gasteiger partial charge in [-0.25, -0.2) is 4.98 Å². The Labute approximate surface area is 175 Å². The quantitative estimate of drug-likeness (QED) is 0.378. The van der Waals surface area contributed by atoms with E-state index in [1.807, 2.05) is 77.5 Å². The van der Waals surface area contributed by atoms with Crippen LogP contribution in [0.4, 0.5) is 0 Å². The third-order valence-corrected chi connectivity index (χ3v) is 5.15. The Bertz CT molecular complexity index is 1290. The summed E-state index contributed by atoms with van der Waals surface area (Å²) in [6, 6.07) is 36.1. The fourth-order valence-corrected chi connectivity index (χ4v) is 3.65. The van der Waals surface area contributed by atoms with Gasteiger partial charge in [0.2, 0.25) is 0 Å². The summed E-state index contributed by atoms with van der Waals surface area (Å²) in [4.78, 5) is 4.93. The summed E-state index contributed by atoms with van der Waals surface area (Å²) >= 11 is 0. The van der Waals surface area contributed by atoms with E-state index in [0.29, 0.717) is 11.4 Å². The molecule has 5 rings (SSSR count). The lowest BCUT2D eigenvalue weighted by atomic mass is 10.0. The maximum Gasteiger partial charge on any atom is 0.148 e. The van der Waals surface area contributed by atoms with Crippen molar-refractivity contribution in [3.05, 3.63) is 115 Å². The van der Waals surface area contributed by atoms with E-state index >= 15 is 0 Å². The third kappa shape index (κ3) is 3.38. The van der Waals surface area contributed by atoms with Gasteiger partial charge < -0.3 is 5.11 Å². The van der Waals surface area contributed by atoms with E-state index in [-0.39, 0.29) is 5.75 Å². The van der Waals surface area contributed by atoms with Gasteiger partial charge in [-0.05, 0) is 41.5 Å². The molecule has 1 heterocycles. The van der Waals surface area contributed by atoms with Gasteiger partial charge in [0.25, 0.3) is 0 Å². The van der Waals surface area contributed by atoms with Gasteiger partial charge in [0.15, 0.2) is 0 Å². The van der Waals surface area contributed by atoms with Gasteiger partial charge >= 0.3 is 0 Å². The van der Waals surface area contributed by atoms with E-state index in [2.05, 4.69) is 36.4 Å². The molecule has 144 valence electrons. The Morgan fingerprint density at radius 2 is 1.23 bits per heavy atom. The van der Waals surface area contributed by atoms with Crippen molar-refractivity contribution in [1.82, 2.24) is 9.55 Å². The van der Waals surface area contributed by atoms with E-state index in [9.17, 15) is 5.11 Å². The van der Waals surface area contributed by atoms with Crippen LogP contribution in [-0.4, -0.2) is 14.7 Å². The molecule has 0 unspecified atom stereocenters. The number of nitrogens with zero attached hydrogens (tertiary/aromatic N) is 2. The smallest absolute Gasteiger partial charge is 0.148 e. The van der Waals surface area contributed by atoms with Crippen LogP contribution in [0.1, 0.15) is 0 Å². The van der Waals surface area contributed by atoms with Crippen LogP contribution in [0.3, 0.4) is 0 Å². The molecule has 1 N–H and O–H groups in total. The predicted octanol–water partition coefficient (Wildman–Crippen LogP) is 6.58. The molecule has 0 saturated carbocycles. The first-order chi connectivity index (χ1) is 14.8. The summed E-state index contributed by atoms with van der Waals surface area (Å²) in [5.74, 6) is 0.921. The van der Waals surface area contributed by atoms with Gasteiger partial charge in [-0.2, -0.15) is 0 Å². The van der Waals surface area contributed by atoms with Crippen molar-refractivity contribution >= 4 is 0 Å². The summed E-state index contributed by atoms with van der Waals surface area (Å²) in [6.45, 7) is 0. The molecule has 0 aliphatic heterocycles. The van der Waals surface area contributed by atoms with Crippen molar-refractivity contribution in [3.8, 4) is 45.2 Å². The maximum atomic E-state index is 10.5. The molecule has 1 aromatic heterocycles. The van der Waals surface area contributed by atoms with Crippen LogP contribution in [0.15, 0.2) is 115 Å². The van der Waals surface area contributed by atoms with Crippen molar-refractivity contribution in [2.24, 2.45) is 0 Å². The number of aromatic nitrogens is 2. The molecule has 0 aliphatic carbocycles. The molecule has 5 aromatic rings. The number of hydrogen-bond donors (Lipinski definition) is 1. The van der Waals surface area contributed by atoms with Crippen molar-refractivity contribution in [2.45, 2.75) is 0 Å². The highest BCUT2D eigenvalue weighted by Crippen LogP contribution is 2.33. The number of rotatable bonds is 4. The molecule has 0 aliphatic rings. The molecular formula is C27H20N2O. The van der Waals surface area contributed by atoms with Crippen molar-refractivity contribution in [1.29, 1.82) is 0 Å². The van der Waals surface area contributed by atoms with Gasteiger partial charge in [0, 0.05) is 17.4 Å². The van der Waals surface area contributed by atoms with Crippen LogP contribution in [0.2, 0.25) is 0 Å². The Hall–Kier alpha value is -4.11. The molecular weight excluding hydrogens is 368 g/mol. The van der Waals surface area contributed by atoms with E-state index in [1.165, 1.54) is 5.56 Å². The standard InChI is InChI=1S/C27H20N2O/c30-26-17-8-7-16-24(26)27-28-25(19-29(27)23-14-5-2-6-15-23)22-13-9-12-21(18-22)20-10-3-1-4-11-20/h1-19,30H. The second kappa shape index (κ2) is 7.72. The second-order valence-electron chi connectivity index (χ2n) is 7.12. The van der Waals surface area contributed by atoms with Gasteiger partial charge in [-0.1, -0.05) is 78.9 Å². The van der Waals surface area contributed by atoms with Gasteiger partial charge in [0.05, 0.1) is 11.3 Å². The third-order valence-electron chi connectivity index (χ3n) is 5.15. The molecule has 0 radical (unpaired) electrons. The Balaban J connectivity index is 1.67. The summed E-state index contributed by atoms with van der Waals surface area (Å²) in [5.41, 5.74) is 5.90. The van der Waals surface area contributed by atoms with Crippen molar-refractivity contribution < 1.29 is 5.11 Å². The van der Waals surface area contributed by atoms with E-state index in [0.717, 1.165) is 22.5 Å². The molecule has 0 fully saturated rings. The molecule has 30 heavy (non-hydrogen) atoms. The van der Waals surface area contributed by atoms with Crippen LogP contribution in [-0.2, 0) is 0 Å². The topological polar surface area (TPSA) is 38.1 Å². The van der Waals surface area contributed by atoms with Crippen LogP contribution in [0.25, 0.3) is 39.5 Å². The van der Waals surface area contributed by atoms with Crippen molar-refractivity contribution in [3.63, 3.8) is 0 Å². The van der Waals surface area contributed by atoms with Crippen LogP contribution < -0.4 is 0 Å². The summed E-state index contributed by atoms with van der Waals surface area (Å²) in [6.07, 6.45) is 2.03. The first-order valence-electron chi connectivity index (χ1n) is 9.88. The van der Waals surface area contributed by atoms with Gasteiger partial charge in [0.1, 0.15) is 11.6 Å².